The van der Waals surface area contributed by atoms with Crippen LogP contribution in [-0.2, 0) is 4.74 Å². The minimum Gasteiger partial charge on any atom is -0.490 e. The number of aromatic amines is 1. The topological polar surface area (TPSA) is 137 Å². The standard InChI is InChI=1S/C28H34N6O4/c1-28(2,3)38-27(36)30-14-6-8-15(9-7-14)34-24-22(25(29)31-32-26(24)35)23(33-34)13-4-10-16(11-5-13)37-18-12-17-19-20(17)21(18)19/h4-5,10-11,14-15,17-21H,6-9,12H2,1-3H3,(H2,29,31)(H,30,36)(H,32,35). The van der Waals surface area contributed by atoms with Gasteiger partial charge in [0.15, 0.2) is 5.82 Å². The highest BCUT2D eigenvalue weighted by Crippen LogP contribution is 2.82. The number of hydrogen-bond donors (Lipinski definition) is 3. The minimum absolute atomic E-state index is 0.00444. The molecule has 1 aromatic carbocycles. The second-order valence-corrected chi connectivity index (χ2v) is 12.4. The number of carbonyl (C=O) groups excluding carboxylic acids is 1. The number of amides is 1. The van der Waals surface area contributed by atoms with Crippen molar-refractivity contribution < 1.29 is 14.3 Å². The lowest BCUT2D eigenvalue weighted by atomic mass is 9.91. The largest absolute Gasteiger partial charge is 0.490 e. The van der Waals surface area contributed by atoms with Crippen LogP contribution in [0.25, 0.3) is 22.2 Å². The van der Waals surface area contributed by atoms with Gasteiger partial charge in [-0.2, -0.15) is 10.2 Å². The van der Waals surface area contributed by atoms with E-state index in [1.54, 1.807) is 0 Å². The number of ether oxygens (including phenoxy) is 2. The molecule has 38 heavy (non-hydrogen) atoms. The van der Waals surface area contributed by atoms with E-state index < -0.39 is 11.7 Å². The number of carbonyl (C=O) groups is 1. The average molecular weight is 519 g/mol. The fraction of sp³-hybridized carbons (Fsp3) is 0.571. The summed E-state index contributed by atoms with van der Waals surface area (Å²) in [5.74, 6) is 4.73. The van der Waals surface area contributed by atoms with Gasteiger partial charge < -0.3 is 20.5 Å². The lowest BCUT2D eigenvalue weighted by Gasteiger charge is -2.30. The van der Waals surface area contributed by atoms with Gasteiger partial charge in [0, 0.05) is 17.5 Å². The first-order chi connectivity index (χ1) is 18.2. The molecule has 4 N–H and O–H groups in total. The van der Waals surface area contributed by atoms with E-state index >= 15 is 0 Å². The summed E-state index contributed by atoms with van der Waals surface area (Å²) >= 11 is 0. The van der Waals surface area contributed by atoms with Gasteiger partial charge in [0.2, 0.25) is 0 Å². The molecule has 2 aromatic heterocycles. The fourth-order valence-corrected chi connectivity index (χ4v) is 6.99. The Balaban J connectivity index is 1.11. The molecule has 5 fully saturated rings. The zero-order valence-corrected chi connectivity index (χ0v) is 21.9. The van der Waals surface area contributed by atoms with Crippen LogP contribution < -0.4 is 21.3 Å². The van der Waals surface area contributed by atoms with Crippen molar-refractivity contribution in [1.82, 2.24) is 25.3 Å². The number of H-pyrrole nitrogens is 1. The van der Waals surface area contributed by atoms with E-state index in [0.29, 0.717) is 22.7 Å². The molecule has 0 spiro atoms. The molecule has 2 bridgehead atoms. The molecule has 5 aliphatic rings. The predicted octanol–water partition coefficient (Wildman–Crippen LogP) is 4.02. The molecule has 0 saturated heterocycles. The summed E-state index contributed by atoms with van der Waals surface area (Å²) < 4.78 is 13.5. The molecule has 1 amide bonds. The van der Waals surface area contributed by atoms with E-state index in [0.717, 1.165) is 60.7 Å². The third kappa shape index (κ3) is 3.92. The normalized spacial score (nSPS) is 31.1. The quantitative estimate of drug-likeness (QED) is 0.464. The zero-order valence-electron chi connectivity index (χ0n) is 21.9. The Morgan fingerprint density at radius 2 is 1.82 bits per heavy atom. The predicted molar refractivity (Wildman–Crippen MR) is 142 cm³/mol. The van der Waals surface area contributed by atoms with Crippen LogP contribution in [0, 0.1) is 23.7 Å². The fourth-order valence-electron chi connectivity index (χ4n) is 6.99. The number of nitrogens with one attached hydrogen (secondary N) is 2. The van der Waals surface area contributed by atoms with Crippen LogP contribution in [0.5, 0.6) is 5.75 Å². The first-order valence-corrected chi connectivity index (χ1v) is 13.7. The van der Waals surface area contributed by atoms with Crippen molar-refractivity contribution in [3.05, 3.63) is 34.6 Å². The molecule has 3 unspecified atom stereocenters. The van der Waals surface area contributed by atoms with Crippen molar-refractivity contribution in [2.45, 2.75) is 76.7 Å². The number of nitrogens with zero attached hydrogens (tertiary/aromatic N) is 3. The molecule has 10 heteroatoms. The maximum atomic E-state index is 12.9. The van der Waals surface area contributed by atoms with E-state index in [2.05, 4.69) is 15.5 Å². The number of rotatable bonds is 5. The van der Waals surface area contributed by atoms with Crippen molar-refractivity contribution in [1.29, 1.82) is 0 Å². The number of benzene rings is 1. The van der Waals surface area contributed by atoms with Crippen LogP contribution in [0.15, 0.2) is 29.1 Å². The second kappa shape index (κ2) is 8.22. The van der Waals surface area contributed by atoms with E-state index in [1.165, 1.54) is 6.42 Å². The lowest BCUT2D eigenvalue weighted by molar-refractivity contribution is 0.0487. The highest BCUT2D eigenvalue weighted by atomic mass is 16.6. The Kier molecular flexibility index (Phi) is 5.09. The van der Waals surface area contributed by atoms with E-state index in [-0.39, 0.29) is 23.5 Å². The van der Waals surface area contributed by atoms with Crippen LogP contribution >= 0.6 is 0 Å². The molecule has 5 saturated carbocycles. The highest BCUT2D eigenvalue weighted by molar-refractivity contribution is 5.99. The number of alkyl carbamates (subject to hydrolysis) is 1. The Bertz CT molecular complexity index is 1450. The molecule has 3 atom stereocenters. The molecule has 8 rings (SSSR count). The Morgan fingerprint density at radius 1 is 1.11 bits per heavy atom. The first kappa shape index (κ1) is 23.5. The van der Waals surface area contributed by atoms with Gasteiger partial charge in [0.1, 0.15) is 28.7 Å². The van der Waals surface area contributed by atoms with Crippen LogP contribution in [-0.4, -0.2) is 43.8 Å². The summed E-state index contributed by atoms with van der Waals surface area (Å²) in [5, 5.41) is 15.0. The number of fused-ring (bicyclic) bond motifs is 2. The monoisotopic (exact) mass is 518 g/mol. The molecular weight excluding hydrogens is 484 g/mol. The molecule has 5 aliphatic carbocycles. The molecule has 2 heterocycles. The van der Waals surface area contributed by atoms with Crippen LogP contribution in [0.1, 0.15) is 58.9 Å². The van der Waals surface area contributed by atoms with Gasteiger partial charge in [-0.05, 0) is 94.9 Å². The van der Waals surface area contributed by atoms with Crippen molar-refractivity contribution in [3.63, 3.8) is 0 Å². The average Bonchev–Trinajstić information content (AvgIpc) is 3.59. The third-order valence-corrected chi connectivity index (χ3v) is 8.81. The van der Waals surface area contributed by atoms with Crippen molar-refractivity contribution in [3.8, 4) is 17.0 Å². The van der Waals surface area contributed by atoms with Crippen LogP contribution in [0.4, 0.5) is 10.6 Å². The smallest absolute Gasteiger partial charge is 0.407 e. The number of aromatic nitrogens is 4. The van der Waals surface area contributed by atoms with E-state index in [9.17, 15) is 9.59 Å². The maximum absolute atomic E-state index is 12.9. The number of nitrogens with two attached hydrogens (primary N) is 1. The second-order valence-electron chi connectivity index (χ2n) is 12.4. The molecule has 10 nitrogen and oxygen atoms in total. The molecule has 0 radical (unpaired) electrons. The summed E-state index contributed by atoms with van der Waals surface area (Å²) in [4.78, 5) is 25.1. The van der Waals surface area contributed by atoms with Gasteiger partial charge in [0.25, 0.3) is 5.56 Å². The third-order valence-electron chi connectivity index (χ3n) is 8.81. The van der Waals surface area contributed by atoms with Gasteiger partial charge in [-0.1, -0.05) is 0 Å². The number of nitrogen functional groups attached to an aromatic ring is 1. The molecular formula is C28H34N6O4. The molecule has 3 aromatic rings. The lowest BCUT2D eigenvalue weighted by Crippen LogP contribution is -2.41. The molecule has 200 valence electrons. The minimum atomic E-state index is -0.539. The van der Waals surface area contributed by atoms with Gasteiger partial charge in [-0.25, -0.2) is 9.89 Å². The Labute approximate surface area is 220 Å². The summed E-state index contributed by atoms with van der Waals surface area (Å²) in [6.45, 7) is 5.55. The van der Waals surface area contributed by atoms with Crippen molar-refractivity contribution >= 4 is 22.8 Å². The van der Waals surface area contributed by atoms with E-state index in [4.69, 9.17) is 20.3 Å². The SMILES string of the molecule is CC(C)(C)OC(=O)NC1CCC(n2nc(-c3ccc(OC4CC5C6C4C56)cc3)c3c(N)n[nH]c(=O)c32)CC1. The highest BCUT2D eigenvalue weighted by Gasteiger charge is 2.81. The first-order valence-electron chi connectivity index (χ1n) is 13.7. The Morgan fingerprint density at radius 3 is 2.45 bits per heavy atom. The summed E-state index contributed by atoms with van der Waals surface area (Å²) in [6.07, 6.45) is 4.19. The Hall–Kier alpha value is -3.56. The van der Waals surface area contributed by atoms with Crippen molar-refractivity contribution in [2.24, 2.45) is 23.7 Å². The summed E-state index contributed by atoms with van der Waals surface area (Å²) in [6, 6.07) is 7.95. The maximum Gasteiger partial charge on any atom is 0.407 e. The number of hydrogen-bond acceptors (Lipinski definition) is 7. The molecule has 0 aliphatic heterocycles. The van der Waals surface area contributed by atoms with Crippen LogP contribution in [0.2, 0.25) is 0 Å². The van der Waals surface area contributed by atoms with Crippen molar-refractivity contribution in [2.75, 3.05) is 5.73 Å². The zero-order chi connectivity index (χ0) is 26.3. The summed E-state index contributed by atoms with van der Waals surface area (Å²) in [7, 11) is 0. The number of anilines is 1. The van der Waals surface area contributed by atoms with Gasteiger partial charge in [-0.3, -0.25) is 9.48 Å². The van der Waals surface area contributed by atoms with E-state index in [1.807, 2.05) is 49.7 Å². The van der Waals surface area contributed by atoms with Gasteiger partial charge in [0.05, 0.1) is 11.4 Å². The van der Waals surface area contributed by atoms with Gasteiger partial charge in [-0.15, -0.1) is 0 Å². The van der Waals surface area contributed by atoms with Gasteiger partial charge >= 0.3 is 6.09 Å². The summed E-state index contributed by atoms with van der Waals surface area (Å²) in [5.41, 5.74) is 7.36. The van der Waals surface area contributed by atoms with Crippen LogP contribution in [0.3, 0.4) is 0 Å².